The van der Waals surface area contributed by atoms with Gasteiger partial charge in [-0.15, -0.1) is 0 Å². The summed E-state index contributed by atoms with van der Waals surface area (Å²) in [6.07, 6.45) is 1.23. The van der Waals surface area contributed by atoms with Crippen molar-refractivity contribution in [1.29, 1.82) is 0 Å². The lowest BCUT2D eigenvalue weighted by Gasteiger charge is -2.19. The number of nitrogens with zero attached hydrogens (tertiary/aromatic N) is 3. The van der Waals surface area contributed by atoms with E-state index in [2.05, 4.69) is 15.7 Å². The Morgan fingerprint density at radius 3 is 2.50 bits per heavy atom. The first-order chi connectivity index (χ1) is 18.4. The minimum absolute atomic E-state index is 0.0605. The maximum Gasteiger partial charge on any atom is 0.356 e. The van der Waals surface area contributed by atoms with Gasteiger partial charge in [-0.05, 0) is 19.1 Å². The first kappa shape index (κ1) is 26.2. The lowest BCUT2D eigenvalue weighted by atomic mass is 9.96. The molecule has 1 N–H and O–H groups in total. The first-order valence-corrected chi connectivity index (χ1v) is 11.4. The average molecular weight is 528 g/mol. The van der Waals surface area contributed by atoms with Crippen LogP contribution in [0.1, 0.15) is 34.8 Å². The van der Waals surface area contributed by atoms with E-state index < -0.39 is 22.9 Å². The Morgan fingerprint density at radius 1 is 1.18 bits per heavy atom. The fourth-order valence-electron chi connectivity index (χ4n) is 3.95. The van der Waals surface area contributed by atoms with E-state index in [0.717, 1.165) is 0 Å². The number of nitro groups is 1. The molecule has 2 aliphatic rings. The smallest absolute Gasteiger partial charge is 0.356 e. The summed E-state index contributed by atoms with van der Waals surface area (Å²) in [4.78, 5) is 40.3. The summed E-state index contributed by atoms with van der Waals surface area (Å²) in [7, 11) is 2.90. The Bertz CT molecular complexity index is 1310. The van der Waals surface area contributed by atoms with Gasteiger partial charge < -0.3 is 28.5 Å². The number of nitrogens with one attached hydrogen (secondary N) is 1. The van der Waals surface area contributed by atoms with E-state index in [1.807, 2.05) is 0 Å². The number of hydrogen-bond acceptors (Lipinski definition) is 12. The molecule has 2 aromatic carbocycles. The van der Waals surface area contributed by atoms with Gasteiger partial charge in [-0.3, -0.25) is 14.9 Å². The van der Waals surface area contributed by atoms with Crippen LogP contribution in [-0.2, 0) is 20.8 Å². The van der Waals surface area contributed by atoms with E-state index >= 15 is 0 Å². The highest BCUT2D eigenvalue weighted by Crippen LogP contribution is 2.52. The lowest BCUT2D eigenvalue weighted by molar-refractivity contribution is -0.384. The molecule has 0 spiro atoms. The number of oxime groups is 1. The van der Waals surface area contributed by atoms with Crippen LogP contribution in [0.2, 0.25) is 0 Å². The predicted molar refractivity (Wildman–Crippen MR) is 131 cm³/mol. The average Bonchev–Trinajstić information content (AvgIpc) is 3.59. The van der Waals surface area contributed by atoms with Crippen LogP contribution in [0.15, 0.2) is 34.5 Å². The van der Waals surface area contributed by atoms with Gasteiger partial charge in [-0.1, -0.05) is 5.16 Å². The Labute approximate surface area is 216 Å². The van der Waals surface area contributed by atoms with Crippen molar-refractivity contribution >= 4 is 29.5 Å². The van der Waals surface area contributed by atoms with E-state index in [1.54, 1.807) is 6.92 Å². The first-order valence-electron chi connectivity index (χ1n) is 11.4. The van der Waals surface area contributed by atoms with Gasteiger partial charge in [-0.2, -0.15) is 5.10 Å². The van der Waals surface area contributed by atoms with Crippen molar-refractivity contribution in [2.24, 2.45) is 10.3 Å². The van der Waals surface area contributed by atoms with Gasteiger partial charge in [0.15, 0.2) is 17.2 Å². The van der Waals surface area contributed by atoms with Crippen LogP contribution in [0.3, 0.4) is 0 Å². The minimum Gasteiger partial charge on any atom is -0.492 e. The maximum absolute atomic E-state index is 12.5. The van der Waals surface area contributed by atoms with Crippen molar-refractivity contribution in [1.82, 2.24) is 5.43 Å². The molecule has 14 nitrogen and oxygen atoms in total. The standard InChI is InChI=1S/C24H24N4O10/c1-4-35-24(30)18-10-15(38-27-18)9-16-17(20(34-3)22-21(19(16)33-2)36-12-37-22)11-25-26-23(29)13-5-7-14(8-6-13)28(31)32/h5-8,11,15H,4,9-10,12H2,1-3H3,(H,26,29). The molecule has 38 heavy (non-hydrogen) atoms. The lowest BCUT2D eigenvalue weighted by Crippen LogP contribution is -2.20. The molecule has 2 aromatic rings. The van der Waals surface area contributed by atoms with Crippen molar-refractivity contribution in [2.75, 3.05) is 27.6 Å². The summed E-state index contributed by atoms with van der Waals surface area (Å²) in [6, 6.07) is 5.07. The predicted octanol–water partition coefficient (Wildman–Crippen LogP) is 2.36. The molecule has 2 aliphatic heterocycles. The molecule has 200 valence electrons. The van der Waals surface area contributed by atoms with Crippen molar-refractivity contribution in [3.63, 3.8) is 0 Å². The number of benzene rings is 2. The van der Waals surface area contributed by atoms with E-state index in [9.17, 15) is 19.7 Å². The molecule has 0 aliphatic carbocycles. The number of amides is 1. The van der Waals surface area contributed by atoms with Crippen LogP contribution in [0.25, 0.3) is 0 Å². The highest BCUT2D eigenvalue weighted by atomic mass is 16.7. The largest absolute Gasteiger partial charge is 0.492 e. The number of hydrogen-bond donors (Lipinski definition) is 1. The highest BCUT2D eigenvalue weighted by molar-refractivity contribution is 6.36. The van der Waals surface area contributed by atoms with Crippen LogP contribution >= 0.6 is 0 Å². The fourth-order valence-corrected chi connectivity index (χ4v) is 3.95. The highest BCUT2D eigenvalue weighted by Gasteiger charge is 2.34. The van der Waals surface area contributed by atoms with Crippen molar-refractivity contribution in [3.05, 3.63) is 51.1 Å². The van der Waals surface area contributed by atoms with Gasteiger partial charge in [-0.25, -0.2) is 10.2 Å². The minimum atomic E-state index is -0.587. The van der Waals surface area contributed by atoms with Crippen LogP contribution < -0.4 is 24.4 Å². The Kier molecular flexibility index (Phi) is 7.89. The number of nitro benzene ring substituents is 1. The number of ether oxygens (including phenoxy) is 5. The summed E-state index contributed by atoms with van der Waals surface area (Å²) in [5.41, 5.74) is 3.53. The van der Waals surface area contributed by atoms with Crippen molar-refractivity contribution in [2.45, 2.75) is 25.9 Å². The zero-order valence-corrected chi connectivity index (χ0v) is 20.7. The second-order valence-corrected chi connectivity index (χ2v) is 7.92. The Hall–Kier alpha value is -4.88. The van der Waals surface area contributed by atoms with Gasteiger partial charge >= 0.3 is 5.97 Å². The van der Waals surface area contributed by atoms with Crippen molar-refractivity contribution < 1.29 is 43.0 Å². The molecule has 0 saturated heterocycles. The van der Waals surface area contributed by atoms with Gasteiger partial charge in [0.05, 0.1) is 32.0 Å². The molecule has 1 amide bonds. The summed E-state index contributed by atoms with van der Waals surface area (Å²) in [6.45, 7) is 1.85. The molecular formula is C24H24N4O10. The normalized spacial score (nSPS) is 15.6. The number of fused-ring (bicyclic) bond motifs is 1. The van der Waals surface area contributed by atoms with Gasteiger partial charge in [0, 0.05) is 41.7 Å². The molecule has 0 aromatic heterocycles. The topological polar surface area (TPSA) is 169 Å². The maximum atomic E-state index is 12.5. The molecule has 1 unspecified atom stereocenters. The van der Waals surface area contributed by atoms with Gasteiger partial charge in [0.1, 0.15) is 6.10 Å². The second kappa shape index (κ2) is 11.5. The monoisotopic (exact) mass is 528 g/mol. The molecule has 14 heteroatoms. The van der Waals surface area contributed by atoms with Crippen LogP contribution in [0.5, 0.6) is 23.0 Å². The molecule has 4 rings (SSSR count). The van der Waals surface area contributed by atoms with Gasteiger partial charge in [0.25, 0.3) is 11.6 Å². The van der Waals surface area contributed by atoms with Gasteiger partial charge in [0.2, 0.25) is 18.3 Å². The zero-order chi connectivity index (χ0) is 27.2. The number of carbonyl (C=O) groups excluding carboxylic acids is 2. The van der Waals surface area contributed by atoms with Crippen molar-refractivity contribution in [3.8, 4) is 23.0 Å². The third-order valence-corrected chi connectivity index (χ3v) is 5.65. The van der Waals surface area contributed by atoms with Crippen LogP contribution in [-0.4, -0.2) is 62.4 Å². The van der Waals surface area contributed by atoms with E-state index in [4.69, 9.17) is 28.5 Å². The summed E-state index contributed by atoms with van der Waals surface area (Å²) in [5.74, 6) is 0.112. The fraction of sp³-hybridized carbons (Fsp3) is 0.333. The van der Waals surface area contributed by atoms with E-state index in [-0.39, 0.29) is 49.0 Å². The second-order valence-electron chi connectivity index (χ2n) is 7.92. The summed E-state index contributed by atoms with van der Waals surface area (Å²) >= 11 is 0. The SMILES string of the molecule is CCOC(=O)C1=NOC(Cc2c(C=NNC(=O)c3ccc([N+](=O)[O-])cc3)c(OC)c3c(c2OC)OCO3)C1. The number of esters is 1. The van der Waals surface area contributed by atoms with E-state index in [0.29, 0.717) is 28.4 Å². The summed E-state index contributed by atoms with van der Waals surface area (Å²) < 4.78 is 27.4. The number of hydrazone groups is 1. The summed E-state index contributed by atoms with van der Waals surface area (Å²) in [5, 5.41) is 18.7. The Morgan fingerprint density at radius 2 is 1.87 bits per heavy atom. The molecule has 0 saturated carbocycles. The third-order valence-electron chi connectivity index (χ3n) is 5.65. The molecule has 0 radical (unpaired) electrons. The molecule has 0 bridgehead atoms. The number of methoxy groups -OCH3 is 2. The van der Waals surface area contributed by atoms with E-state index in [1.165, 1.54) is 44.7 Å². The number of rotatable bonds is 10. The quantitative estimate of drug-likeness (QED) is 0.209. The number of non-ortho nitro benzene ring substituents is 1. The molecular weight excluding hydrogens is 504 g/mol. The molecule has 0 fully saturated rings. The third kappa shape index (κ3) is 5.28. The number of carbonyl (C=O) groups is 2. The van der Waals surface area contributed by atoms with Crippen LogP contribution in [0.4, 0.5) is 5.69 Å². The Balaban J connectivity index is 1.62. The molecule has 1 atom stereocenters. The van der Waals surface area contributed by atoms with Crippen LogP contribution in [0, 0.1) is 10.1 Å². The molecule has 2 heterocycles. The zero-order valence-electron chi connectivity index (χ0n) is 20.7.